The molecule has 13 aromatic rings. The first-order valence-electron chi connectivity index (χ1n) is 27.2. The Morgan fingerprint density at radius 2 is 1.06 bits per heavy atom. The third-order valence-electron chi connectivity index (χ3n) is 15.4. The Kier molecular flexibility index (Phi) is 13.9. The Balaban J connectivity index is 0.00000637. The third-order valence-corrected chi connectivity index (χ3v) is 15.4. The molecule has 0 saturated heterocycles. The van der Waals surface area contributed by atoms with Gasteiger partial charge in [-0.3, -0.25) is 4.57 Å². The second-order valence-corrected chi connectivity index (χ2v) is 22.2. The Labute approximate surface area is 483 Å². The van der Waals surface area contributed by atoms with Crippen molar-refractivity contribution in [3.63, 3.8) is 0 Å². The molecule has 0 aliphatic carbocycles. The molecule has 0 spiro atoms. The molecular formula is C74H58N4OPt-2. The number of aromatic nitrogens is 4. The number of ether oxygens (including phenoxy) is 1. The summed E-state index contributed by atoms with van der Waals surface area (Å²) >= 11 is 0. The van der Waals surface area contributed by atoms with Crippen LogP contribution >= 0.6 is 0 Å². The van der Waals surface area contributed by atoms with Gasteiger partial charge in [0.25, 0.3) is 6.33 Å². The number of rotatable bonds is 12. The van der Waals surface area contributed by atoms with Gasteiger partial charge in [-0.05, 0) is 96.1 Å². The van der Waals surface area contributed by atoms with E-state index in [-0.39, 0.29) is 31.9 Å². The number of benzene rings is 10. The molecule has 0 atom stereocenters. The van der Waals surface area contributed by atoms with Gasteiger partial charge in [0, 0.05) is 49.8 Å². The SMILES string of the molecule is CC(C)(C)c1ccc(-c2cnc(-n3c4[c-]c(Oc5[c-]c(-n6[c-][n+](-c7c(-c8ccccc8)cccc7-c7ccccc7)c7ccccc76)ccc5)ccc4c4cc(-c5ccccc5)ccc43)cc2CC(C)(C)c2ccccc2)cc1.[Pt]. The van der Waals surface area contributed by atoms with E-state index < -0.39 is 0 Å². The number of fused-ring (bicyclic) bond motifs is 4. The van der Waals surface area contributed by atoms with Crippen LogP contribution in [0.2, 0.25) is 0 Å². The van der Waals surface area contributed by atoms with Crippen molar-refractivity contribution in [3.05, 3.63) is 284 Å². The standard InChI is InChI=1S/C74H58N4O.Pt/c1-73(2,3)57-39-36-54(37-40-57)66-49-75-71(45-56(66)48-74(4,5)58-28-16-9-17-29-58)78-67-43-38-55(51-22-10-6-11-23-51)44-65(67)64-42-41-61(47-70(64)78)79-60-31-20-30-59(46-60)76-50-77(69-35-19-18-34-68(69)76)72-62(52-24-12-7-13-25-52)32-21-33-63(72)53-26-14-8-15-27-53;/h6-45,49H,48H2,1-5H3;/q-2;. The molecule has 0 radical (unpaired) electrons. The van der Waals surface area contributed by atoms with Crippen molar-refractivity contribution in [1.29, 1.82) is 0 Å². The van der Waals surface area contributed by atoms with Crippen LogP contribution in [0.5, 0.6) is 11.5 Å². The van der Waals surface area contributed by atoms with Crippen LogP contribution in [-0.2, 0) is 38.3 Å². The molecule has 0 bridgehead atoms. The minimum absolute atomic E-state index is 0. The summed E-state index contributed by atoms with van der Waals surface area (Å²) in [7, 11) is 0. The summed E-state index contributed by atoms with van der Waals surface area (Å²) in [5.74, 6) is 1.94. The number of hydrogen-bond donors (Lipinski definition) is 0. The zero-order valence-electron chi connectivity index (χ0n) is 45.4. The molecule has 0 aliphatic rings. The average Bonchev–Trinajstić information content (AvgIpc) is 4.08. The Bertz CT molecular complexity index is 4290. The maximum Gasteiger partial charge on any atom is 0.268 e. The number of para-hydroxylation sites is 3. The fourth-order valence-electron chi connectivity index (χ4n) is 11.3. The molecule has 5 nitrogen and oxygen atoms in total. The van der Waals surface area contributed by atoms with Crippen LogP contribution in [0.15, 0.2) is 249 Å². The van der Waals surface area contributed by atoms with Crippen molar-refractivity contribution in [2.75, 3.05) is 0 Å². The predicted molar refractivity (Wildman–Crippen MR) is 324 cm³/mol. The van der Waals surface area contributed by atoms with Gasteiger partial charge in [0.15, 0.2) is 0 Å². The van der Waals surface area contributed by atoms with Crippen molar-refractivity contribution in [3.8, 4) is 73.2 Å². The molecule has 0 aliphatic heterocycles. The molecule has 10 aromatic carbocycles. The molecule has 0 amide bonds. The summed E-state index contributed by atoms with van der Waals surface area (Å²) in [6, 6.07) is 93.3. The van der Waals surface area contributed by atoms with E-state index in [2.05, 4.69) is 297 Å². The minimum atomic E-state index is -0.174. The Hall–Kier alpha value is -8.89. The predicted octanol–water partition coefficient (Wildman–Crippen LogP) is 18.1. The third kappa shape index (κ3) is 9.88. The maximum atomic E-state index is 6.86. The summed E-state index contributed by atoms with van der Waals surface area (Å²) < 4.78 is 13.4. The van der Waals surface area contributed by atoms with Crippen LogP contribution in [0.25, 0.3) is 94.5 Å². The zero-order valence-corrected chi connectivity index (χ0v) is 47.7. The van der Waals surface area contributed by atoms with Crippen LogP contribution in [0.1, 0.15) is 51.3 Å². The van der Waals surface area contributed by atoms with Gasteiger partial charge >= 0.3 is 0 Å². The van der Waals surface area contributed by atoms with Gasteiger partial charge in [-0.15, -0.1) is 29.7 Å². The summed E-state index contributed by atoms with van der Waals surface area (Å²) in [6.45, 7) is 11.5. The van der Waals surface area contributed by atoms with Crippen molar-refractivity contribution >= 4 is 32.8 Å². The van der Waals surface area contributed by atoms with Crippen LogP contribution in [0.3, 0.4) is 0 Å². The van der Waals surface area contributed by atoms with E-state index in [0.29, 0.717) is 11.5 Å². The van der Waals surface area contributed by atoms with Gasteiger partial charge in [0.05, 0.1) is 16.7 Å². The van der Waals surface area contributed by atoms with E-state index in [1.807, 2.05) is 18.2 Å². The molecule has 0 saturated carbocycles. The van der Waals surface area contributed by atoms with Crippen molar-refractivity contribution in [1.82, 2.24) is 14.1 Å². The first-order chi connectivity index (χ1) is 38.5. The molecule has 392 valence electrons. The Morgan fingerprint density at radius 1 is 0.475 bits per heavy atom. The second kappa shape index (κ2) is 21.4. The normalized spacial score (nSPS) is 11.8. The first kappa shape index (κ1) is 51.8. The molecule has 80 heavy (non-hydrogen) atoms. The maximum absolute atomic E-state index is 6.86. The number of imidazole rings is 1. The van der Waals surface area contributed by atoms with E-state index >= 15 is 0 Å². The number of pyridine rings is 1. The first-order valence-corrected chi connectivity index (χ1v) is 27.2. The van der Waals surface area contributed by atoms with E-state index in [9.17, 15) is 0 Å². The fraction of sp³-hybridized carbons (Fsp3) is 0.108. The largest absolute Gasteiger partial charge is 0.510 e. The second-order valence-electron chi connectivity index (χ2n) is 22.2. The number of hydrogen-bond acceptors (Lipinski definition) is 2. The van der Waals surface area contributed by atoms with E-state index in [4.69, 9.17) is 9.72 Å². The fourth-order valence-corrected chi connectivity index (χ4v) is 11.3. The summed E-state index contributed by atoms with van der Waals surface area (Å²) in [4.78, 5) is 5.35. The quantitative estimate of drug-likeness (QED) is 0.0903. The summed E-state index contributed by atoms with van der Waals surface area (Å²) in [6.07, 6.45) is 6.66. The monoisotopic (exact) mass is 1210 g/mol. The molecular weight excluding hydrogens is 1160 g/mol. The van der Waals surface area contributed by atoms with Crippen LogP contribution < -0.4 is 9.30 Å². The molecule has 0 fully saturated rings. The van der Waals surface area contributed by atoms with Gasteiger partial charge in [-0.1, -0.05) is 240 Å². The Morgan fingerprint density at radius 3 is 1.74 bits per heavy atom. The van der Waals surface area contributed by atoms with Crippen molar-refractivity contribution < 1.29 is 30.4 Å². The summed E-state index contributed by atoms with van der Waals surface area (Å²) in [5, 5.41) is 2.16. The smallest absolute Gasteiger partial charge is 0.268 e. The van der Waals surface area contributed by atoms with Gasteiger partial charge in [0.1, 0.15) is 5.82 Å². The number of nitrogens with zero attached hydrogens (tertiary/aromatic N) is 4. The van der Waals surface area contributed by atoms with Gasteiger partial charge in [-0.2, -0.15) is 18.2 Å². The van der Waals surface area contributed by atoms with Gasteiger partial charge < -0.3 is 13.9 Å². The topological polar surface area (TPSA) is 35.9 Å². The van der Waals surface area contributed by atoms with E-state index in [0.717, 1.165) is 101 Å². The van der Waals surface area contributed by atoms with Crippen LogP contribution in [0.4, 0.5) is 0 Å². The van der Waals surface area contributed by atoms with Crippen molar-refractivity contribution in [2.45, 2.75) is 51.9 Å². The molecule has 3 aromatic heterocycles. The molecule has 0 N–H and O–H groups in total. The van der Waals surface area contributed by atoms with Gasteiger partial charge in [-0.25, -0.2) is 4.98 Å². The van der Waals surface area contributed by atoms with Gasteiger partial charge in [0.2, 0.25) is 0 Å². The minimum Gasteiger partial charge on any atom is -0.510 e. The van der Waals surface area contributed by atoms with Crippen molar-refractivity contribution in [2.24, 2.45) is 0 Å². The average molecular weight is 1210 g/mol. The molecule has 0 unspecified atom stereocenters. The van der Waals surface area contributed by atoms with Crippen LogP contribution in [-0.4, -0.2) is 14.1 Å². The molecule has 3 heterocycles. The molecule has 13 rings (SSSR count). The van der Waals surface area contributed by atoms with E-state index in [1.54, 1.807) is 0 Å². The summed E-state index contributed by atoms with van der Waals surface area (Å²) in [5.41, 5.74) is 18.4. The molecule has 6 heteroatoms. The van der Waals surface area contributed by atoms with Crippen LogP contribution in [0, 0.1) is 18.5 Å². The van der Waals surface area contributed by atoms with E-state index in [1.165, 1.54) is 16.7 Å². The zero-order chi connectivity index (χ0) is 53.7.